The van der Waals surface area contributed by atoms with Crippen molar-refractivity contribution in [1.29, 1.82) is 0 Å². The normalized spacial score (nSPS) is 19.4. The molecule has 0 radical (unpaired) electrons. The molecule has 1 N–H and O–H groups in total. The van der Waals surface area contributed by atoms with Gasteiger partial charge in [-0.3, -0.25) is 4.98 Å². The molecule has 2 heterocycles. The summed E-state index contributed by atoms with van der Waals surface area (Å²) in [5, 5.41) is 18.4. The van der Waals surface area contributed by atoms with E-state index in [0.717, 1.165) is 41.1 Å². The molecule has 0 aromatic heterocycles. The van der Waals surface area contributed by atoms with Gasteiger partial charge in [-0.05, 0) is 24.3 Å². The van der Waals surface area contributed by atoms with Gasteiger partial charge in [0.05, 0.1) is 29.0 Å². The summed E-state index contributed by atoms with van der Waals surface area (Å²) < 4.78 is 0. The third-order valence-electron chi connectivity index (χ3n) is 4.01. The van der Waals surface area contributed by atoms with E-state index >= 15 is 0 Å². The minimum Gasteiger partial charge on any atom is -0.512 e. The van der Waals surface area contributed by atoms with Crippen LogP contribution in [0.4, 0.5) is 0 Å². The first-order chi connectivity index (χ1) is 9.03. The maximum Gasteiger partial charge on any atom is 0.0989 e. The third kappa shape index (κ3) is 1.49. The van der Waals surface area contributed by atoms with Crippen molar-refractivity contribution < 1.29 is 5.11 Å². The zero-order valence-electron chi connectivity index (χ0n) is 11.1. The summed E-state index contributed by atoms with van der Waals surface area (Å²) in [6.07, 6.45) is 5.93. The van der Waals surface area contributed by atoms with Crippen molar-refractivity contribution in [2.45, 2.75) is 33.1 Å². The largest absolute Gasteiger partial charge is 0.512 e. The predicted octanol–water partition coefficient (Wildman–Crippen LogP) is 2.56. The molecule has 0 atom stereocenters. The van der Waals surface area contributed by atoms with Crippen LogP contribution in [-0.2, 0) is 19.3 Å². The maximum atomic E-state index is 9.83. The van der Waals surface area contributed by atoms with E-state index in [-0.39, 0.29) is 5.41 Å². The number of hydrogen-bond acceptors (Lipinski definition) is 4. The molecule has 4 rings (SSSR count). The Morgan fingerprint density at radius 3 is 2.74 bits per heavy atom. The van der Waals surface area contributed by atoms with Crippen molar-refractivity contribution in [2.24, 2.45) is 5.41 Å². The lowest BCUT2D eigenvalue weighted by molar-refractivity contribution is 0.344. The molecule has 0 aromatic carbocycles. The summed E-state index contributed by atoms with van der Waals surface area (Å²) in [6.45, 7) is 4.47. The Bertz CT molecular complexity index is 703. The highest BCUT2D eigenvalue weighted by Crippen LogP contribution is 2.45. The molecule has 4 heteroatoms. The lowest BCUT2D eigenvalue weighted by Gasteiger charge is -2.28. The fraction of sp³-hybridized carbons (Fsp3) is 0.400. The summed E-state index contributed by atoms with van der Waals surface area (Å²) >= 11 is 0. The molecule has 4 nitrogen and oxygen atoms in total. The van der Waals surface area contributed by atoms with Crippen LogP contribution in [0.5, 0.6) is 0 Å². The Hall–Kier alpha value is -1.97. The summed E-state index contributed by atoms with van der Waals surface area (Å²) in [6, 6.07) is 0. The molecule has 0 aromatic rings. The molecule has 2 aliphatic heterocycles. The van der Waals surface area contributed by atoms with E-state index in [1.807, 2.05) is 0 Å². The van der Waals surface area contributed by atoms with Crippen molar-refractivity contribution >= 4 is 6.08 Å². The molecule has 0 saturated heterocycles. The third-order valence-corrected chi connectivity index (χ3v) is 4.01. The summed E-state index contributed by atoms with van der Waals surface area (Å²) in [5.74, 6) is 0.353. The second-order valence-electron chi connectivity index (χ2n) is 6.33. The summed E-state index contributed by atoms with van der Waals surface area (Å²) in [7, 11) is 0. The molecular formula is C15H15N3O. The first-order valence-corrected chi connectivity index (χ1v) is 6.59. The van der Waals surface area contributed by atoms with Gasteiger partial charge < -0.3 is 5.11 Å². The van der Waals surface area contributed by atoms with Crippen LogP contribution in [0.25, 0.3) is 17.2 Å². The zero-order valence-corrected chi connectivity index (χ0v) is 11.1. The second-order valence-corrected chi connectivity index (χ2v) is 6.33. The van der Waals surface area contributed by atoms with Gasteiger partial charge in [0.2, 0.25) is 0 Å². The van der Waals surface area contributed by atoms with Crippen LogP contribution >= 0.6 is 0 Å². The van der Waals surface area contributed by atoms with Gasteiger partial charge >= 0.3 is 0 Å². The average Bonchev–Trinajstić information content (AvgIpc) is 2.53. The van der Waals surface area contributed by atoms with Gasteiger partial charge in [-0.25, -0.2) is 0 Å². The molecule has 0 fully saturated rings. The van der Waals surface area contributed by atoms with Crippen LogP contribution in [0.2, 0.25) is 0 Å². The fourth-order valence-electron chi connectivity index (χ4n) is 3.32. The van der Waals surface area contributed by atoms with E-state index in [1.54, 1.807) is 12.3 Å². The Labute approximate surface area is 111 Å². The van der Waals surface area contributed by atoms with Crippen molar-refractivity contribution in [3.05, 3.63) is 34.6 Å². The predicted molar refractivity (Wildman–Crippen MR) is 71.9 cm³/mol. The van der Waals surface area contributed by atoms with Gasteiger partial charge in [-0.2, -0.15) is 10.2 Å². The van der Waals surface area contributed by atoms with E-state index in [2.05, 4.69) is 24.0 Å². The highest BCUT2D eigenvalue weighted by Gasteiger charge is 2.35. The molecule has 0 spiro atoms. The Balaban J connectivity index is 2.06. The number of allylic oxidation sites excluding steroid dienone is 1. The van der Waals surface area contributed by atoms with Crippen molar-refractivity contribution in [1.82, 2.24) is 15.2 Å². The molecular weight excluding hydrogens is 238 g/mol. The molecule has 0 bridgehead atoms. The number of nitrogens with zero attached hydrogens (tertiary/aromatic N) is 3. The number of aromatic nitrogens is 3. The van der Waals surface area contributed by atoms with Crippen LogP contribution < -0.4 is 0 Å². The maximum absolute atomic E-state index is 9.83. The summed E-state index contributed by atoms with van der Waals surface area (Å²) in [4.78, 5) is 4.76. The molecule has 0 saturated carbocycles. The minimum atomic E-state index is 0.172. The van der Waals surface area contributed by atoms with Gasteiger partial charge in [0.25, 0.3) is 0 Å². The zero-order chi connectivity index (χ0) is 13.2. The van der Waals surface area contributed by atoms with Crippen LogP contribution in [-0.4, -0.2) is 20.3 Å². The minimum absolute atomic E-state index is 0.172. The number of aliphatic hydroxyl groups excluding tert-OH is 1. The number of aliphatic hydroxyl groups is 1. The SMILES string of the molecule is CC1(C)Cc2nncc3c4c(nc(c2-4)C1)CC(O)=C3. The Morgan fingerprint density at radius 1 is 1.11 bits per heavy atom. The fourth-order valence-corrected chi connectivity index (χ4v) is 3.32. The van der Waals surface area contributed by atoms with E-state index in [9.17, 15) is 5.11 Å². The Kier molecular flexibility index (Phi) is 1.91. The van der Waals surface area contributed by atoms with E-state index in [1.165, 1.54) is 5.56 Å². The molecule has 96 valence electrons. The van der Waals surface area contributed by atoms with Gasteiger partial charge in [-0.1, -0.05) is 13.8 Å². The highest BCUT2D eigenvalue weighted by atomic mass is 16.3. The number of rotatable bonds is 0. The van der Waals surface area contributed by atoms with Crippen LogP contribution in [0.1, 0.15) is 36.5 Å². The topological polar surface area (TPSA) is 58.9 Å². The standard InChI is InChI=1S/C15H15N3O/c1-15(2)5-11-14-12(6-15)18-16-7-8-3-9(19)4-10(17-11)13(8)14/h3,7,19H,4-6H2,1-2H3. The van der Waals surface area contributed by atoms with Crippen LogP contribution in [0, 0.1) is 5.41 Å². The van der Waals surface area contributed by atoms with Gasteiger partial charge in [0, 0.05) is 23.1 Å². The van der Waals surface area contributed by atoms with Crippen LogP contribution in [0.3, 0.4) is 0 Å². The average molecular weight is 253 g/mol. The monoisotopic (exact) mass is 253 g/mol. The summed E-state index contributed by atoms with van der Waals surface area (Å²) in [5.41, 5.74) is 6.55. The quantitative estimate of drug-likeness (QED) is 0.784. The molecule has 2 aliphatic carbocycles. The molecule has 19 heavy (non-hydrogen) atoms. The molecule has 0 amide bonds. The Morgan fingerprint density at radius 2 is 1.89 bits per heavy atom. The smallest absolute Gasteiger partial charge is 0.0989 e. The highest BCUT2D eigenvalue weighted by molar-refractivity contribution is 5.84. The van der Waals surface area contributed by atoms with Crippen molar-refractivity contribution in [2.75, 3.05) is 0 Å². The lowest BCUT2D eigenvalue weighted by Crippen LogP contribution is -2.23. The van der Waals surface area contributed by atoms with Gasteiger partial charge in [-0.15, -0.1) is 0 Å². The molecule has 0 unspecified atom stereocenters. The lowest BCUT2D eigenvalue weighted by atomic mass is 9.76. The first kappa shape index (κ1) is 10.9. The first-order valence-electron chi connectivity index (χ1n) is 6.59. The van der Waals surface area contributed by atoms with E-state index < -0.39 is 0 Å². The second kappa shape index (κ2) is 3.32. The van der Waals surface area contributed by atoms with Crippen LogP contribution in [0.15, 0.2) is 12.0 Å². The van der Waals surface area contributed by atoms with Gasteiger partial charge in [0.1, 0.15) is 0 Å². The van der Waals surface area contributed by atoms with E-state index in [4.69, 9.17) is 4.98 Å². The molecule has 4 aliphatic rings. The van der Waals surface area contributed by atoms with E-state index in [0.29, 0.717) is 12.2 Å². The number of hydrogen-bond donors (Lipinski definition) is 1. The van der Waals surface area contributed by atoms with Crippen molar-refractivity contribution in [3.63, 3.8) is 0 Å². The van der Waals surface area contributed by atoms with Gasteiger partial charge in [0.15, 0.2) is 0 Å². The van der Waals surface area contributed by atoms with Crippen molar-refractivity contribution in [3.8, 4) is 11.1 Å².